The lowest BCUT2D eigenvalue weighted by Crippen LogP contribution is -2.20. The Morgan fingerprint density at radius 3 is 2.12 bits per heavy atom. The van der Waals surface area contributed by atoms with Gasteiger partial charge in [-0.3, -0.25) is 4.79 Å². The number of aromatic nitrogens is 1. The molecule has 6 nitrogen and oxygen atoms in total. The van der Waals surface area contributed by atoms with Gasteiger partial charge in [0, 0.05) is 11.5 Å². The van der Waals surface area contributed by atoms with Gasteiger partial charge in [0.15, 0.2) is 6.10 Å². The average molecular weight is 448 g/mol. The Morgan fingerprint density at radius 1 is 0.824 bits per heavy atom. The highest BCUT2D eigenvalue weighted by molar-refractivity contribution is 6.05. The predicted molar refractivity (Wildman–Crippen MR) is 130 cm³/mol. The number of nitrogens with one attached hydrogen (secondary N) is 1. The minimum Gasteiger partial charge on any atom is -0.465 e. The number of para-hydroxylation sites is 1. The van der Waals surface area contributed by atoms with E-state index in [9.17, 15) is 9.59 Å². The summed E-state index contributed by atoms with van der Waals surface area (Å²) < 4.78 is 11.5. The van der Waals surface area contributed by atoms with E-state index in [1.54, 1.807) is 30.3 Å². The summed E-state index contributed by atoms with van der Waals surface area (Å²) in [5, 5.41) is 3.36. The summed E-state index contributed by atoms with van der Waals surface area (Å²) in [7, 11) is 0. The van der Waals surface area contributed by atoms with Crippen molar-refractivity contribution in [1.29, 1.82) is 0 Å². The molecule has 1 N–H and O–H groups in total. The summed E-state index contributed by atoms with van der Waals surface area (Å²) in [4.78, 5) is 29.3. The highest BCUT2D eigenvalue weighted by Crippen LogP contribution is 2.28. The molecule has 0 aliphatic heterocycles. The van der Waals surface area contributed by atoms with Crippen LogP contribution in [0.4, 0.5) is 5.69 Å². The molecule has 0 saturated carbocycles. The van der Waals surface area contributed by atoms with Gasteiger partial charge in [0.2, 0.25) is 5.88 Å². The van der Waals surface area contributed by atoms with Crippen LogP contribution in [0, 0.1) is 0 Å². The van der Waals surface area contributed by atoms with E-state index >= 15 is 0 Å². The van der Waals surface area contributed by atoms with E-state index in [0.717, 1.165) is 11.1 Å². The van der Waals surface area contributed by atoms with Gasteiger partial charge < -0.3 is 14.5 Å². The Morgan fingerprint density at radius 2 is 1.47 bits per heavy atom. The fraction of sp³-hybridized carbons (Fsp3) is 0.0357. The van der Waals surface area contributed by atoms with Gasteiger partial charge in [-0.15, -0.1) is 0 Å². The zero-order valence-electron chi connectivity index (χ0n) is 18.0. The van der Waals surface area contributed by atoms with Crippen molar-refractivity contribution < 1.29 is 13.9 Å². The Hall–Kier alpha value is -4.71. The van der Waals surface area contributed by atoms with E-state index < -0.39 is 11.5 Å². The first-order valence-electron chi connectivity index (χ1n) is 10.7. The Balaban J connectivity index is 1.35. The zero-order chi connectivity index (χ0) is 23.3. The number of anilines is 1. The van der Waals surface area contributed by atoms with Crippen molar-refractivity contribution in [3.05, 3.63) is 136 Å². The van der Waals surface area contributed by atoms with E-state index in [1.807, 2.05) is 66.7 Å². The highest BCUT2D eigenvalue weighted by atomic mass is 16.5. The molecule has 1 amide bonds. The molecule has 3 aromatic carbocycles. The van der Waals surface area contributed by atoms with Crippen molar-refractivity contribution in [1.82, 2.24) is 4.98 Å². The van der Waals surface area contributed by atoms with Crippen molar-refractivity contribution in [2.24, 2.45) is 0 Å². The number of fused-ring (bicyclic) bond motifs is 1. The zero-order valence-corrected chi connectivity index (χ0v) is 18.0. The molecule has 6 heteroatoms. The lowest BCUT2D eigenvalue weighted by molar-refractivity contribution is 0.102. The standard InChI is InChI=1S/C28H20N2O4/c31-27(23-17-21-13-7-8-14-24(21)33-28(23)32)30-22-15-16-25(29-18-22)34-26(19-9-3-1-4-10-19)20-11-5-2-6-12-20/h1-18,26H,(H,30,31). The molecular weight excluding hydrogens is 428 g/mol. The summed E-state index contributed by atoms with van der Waals surface area (Å²) in [5.74, 6) is -0.164. The van der Waals surface area contributed by atoms with Crippen LogP contribution in [0.1, 0.15) is 27.6 Å². The first kappa shape index (κ1) is 21.2. The molecule has 2 aromatic heterocycles. The number of nitrogens with zero attached hydrogens (tertiary/aromatic N) is 1. The smallest absolute Gasteiger partial charge is 0.349 e. The maximum atomic E-state index is 12.7. The third-order valence-corrected chi connectivity index (χ3v) is 5.32. The monoisotopic (exact) mass is 448 g/mol. The molecule has 5 rings (SSSR count). The molecule has 2 heterocycles. The van der Waals surface area contributed by atoms with Gasteiger partial charge in [0.1, 0.15) is 11.1 Å². The molecule has 0 bridgehead atoms. The Labute approximate surface area is 195 Å². The number of carbonyl (C=O) groups is 1. The van der Waals surface area contributed by atoms with E-state index in [-0.39, 0.29) is 11.7 Å². The quantitative estimate of drug-likeness (QED) is 0.342. The molecule has 0 atom stereocenters. The highest BCUT2D eigenvalue weighted by Gasteiger charge is 2.17. The van der Waals surface area contributed by atoms with Gasteiger partial charge >= 0.3 is 5.63 Å². The largest absolute Gasteiger partial charge is 0.465 e. The third-order valence-electron chi connectivity index (χ3n) is 5.32. The number of benzene rings is 3. The van der Waals surface area contributed by atoms with Crippen LogP contribution >= 0.6 is 0 Å². The van der Waals surface area contributed by atoms with Crippen LogP contribution in [0.2, 0.25) is 0 Å². The second kappa shape index (κ2) is 9.42. The molecule has 0 radical (unpaired) electrons. The van der Waals surface area contributed by atoms with Crippen LogP contribution in [0.15, 0.2) is 119 Å². The molecule has 0 fully saturated rings. The molecule has 0 aliphatic carbocycles. The van der Waals surface area contributed by atoms with Crippen LogP contribution in [0.5, 0.6) is 5.88 Å². The maximum absolute atomic E-state index is 12.7. The number of pyridine rings is 1. The number of hydrogen-bond acceptors (Lipinski definition) is 5. The van der Waals surface area contributed by atoms with E-state index in [2.05, 4.69) is 10.3 Å². The van der Waals surface area contributed by atoms with E-state index in [0.29, 0.717) is 22.5 Å². The summed E-state index contributed by atoms with van der Waals surface area (Å²) in [6.45, 7) is 0. The Bertz CT molecular complexity index is 1440. The lowest BCUT2D eigenvalue weighted by Gasteiger charge is -2.19. The normalized spacial score (nSPS) is 10.9. The number of amides is 1. The van der Waals surface area contributed by atoms with Gasteiger partial charge in [-0.2, -0.15) is 0 Å². The average Bonchev–Trinajstić information content (AvgIpc) is 2.89. The Kier molecular flexibility index (Phi) is 5.86. The molecule has 34 heavy (non-hydrogen) atoms. The topological polar surface area (TPSA) is 81.4 Å². The summed E-state index contributed by atoms with van der Waals surface area (Å²) in [6.07, 6.45) is 1.15. The first-order valence-corrected chi connectivity index (χ1v) is 10.7. The van der Waals surface area contributed by atoms with Gasteiger partial charge in [0.25, 0.3) is 5.91 Å². The summed E-state index contributed by atoms with van der Waals surface area (Å²) in [5.41, 5.74) is 2.08. The summed E-state index contributed by atoms with van der Waals surface area (Å²) in [6, 6.07) is 31.7. The van der Waals surface area contributed by atoms with Gasteiger partial charge in [-0.25, -0.2) is 9.78 Å². The van der Waals surface area contributed by atoms with Crippen LogP contribution < -0.4 is 15.7 Å². The minimum atomic E-state index is -0.697. The van der Waals surface area contributed by atoms with Gasteiger partial charge in [-0.05, 0) is 29.3 Å². The number of ether oxygens (including phenoxy) is 1. The fourth-order valence-corrected chi connectivity index (χ4v) is 3.65. The van der Waals surface area contributed by atoms with Crippen LogP contribution in [0.25, 0.3) is 11.0 Å². The van der Waals surface area contributed by atoms with Gasteiger partial charge in [-0.1, -0.05) is 78.9 Å². The van der Waals surface area contributed by atoms with Crippen molar-refractivity contribution >= 4 is 22.6 Å². The first-order chi connectivity index (χ1) is 16.7. The molecular formula is C28H20N2O4. The molecule has 0 unspecified atom stereocenters. The maximum Gasteiger partial charge on any atom is 0.349 e. The minimum absolute atomic E-state index is 0.0766. The van der Waals surface area contributed by atoms with Crippen molar-refractivity contribution in [2.75, 3.05) is 5.32 Å². The number of rotatable bonds is 6. The second-order valence-electron chi connectivity index (χ2n) is 7.64. The van der Waals surface area contributed by atoms with Crippen molar-refractivity contribution in [2.45, 2.75) is 6.10 Å². The molecule has 166 valence electrons. The van der Waals surface area contributed by atoms with Gasteiger partial charge in [0.05, 0.1) is 11.9 Å². The molecule has 5 aromatic rings. The van der Waals surface area contributed by atoms with E-state index in [1.165, 1.54) is 12.3 Å². The lowest BCUT2D eigenvalue weighted by atomic mass is 10.0. The van der Waals surface area contributed by atoms with Crippen molar-refractivity contribution in [3.63, 3.8) is 0 Å². The fourth-order valence-electron chi connectivity index (χ4n) is 3.65. The molecule has 0 saturated heterocycles. The number of hydrogen-bond donors (Lipinski definition) is 1. The van der Waals surface area contributed by atoms with Crippen LogP contribution in [-0.4, -0.2) is 10.9 Å². The summed E-state index contributed by atoms with van der Waals surface area (Å²) >= 11 is 0. The molecule has 0 spiro atoms. The second-order valence-corrected chi connectivity index (χ2v) is 7.64. The molecule has 0 aliphatic rings. The number of carbonyl (C=O) groups excluding carboxylic acids is 1. The van der Waals surface area contributed by atoms with Crippen LogP contribution in [0.3, 0.4) is 0 Å². The predicted octanol–water partition coefficient (Wildman–Crippen LogP) is 5.61. The van der Waals surface area contributed by atoms with Crippen molar-refractivity contribution in [3.8, 4) is 5.88 Å². The SMILES string of the molecule is O=C(Nc1ccc(OC(c2ccccc2)c2ccccc2)nc1)c1cc2ccccc2oc1=O. The third kappa shape index (κ3) is 4.56. The van der Waals surface area contributed by atoms with E-state index in [4.69, 9.17) is 9.15 Å². The van der Waals surface area contributed by atoms with Crippen LogP contribution in [-0.2, 0) is 0 Å².